The standard InChI is InChI=1S/C12H20N2O3/c1-4-6-7-12(8(3)5-2)9(15)13-11(17)14-10(12)16/h8H,4-7H2,1-3H3,(H2,13,14,15,16,17). The molecule has 1 rings (SSSR count). The lowest BCUT2D eigenvalue weighted by molar-refractivity contribution is -0.149. The Kier molecular flexibility index (Phi) is 4.26. The summed E-state index contributed by atoms with van der Waals surface area (Å²) in [4.78, 5) is 35.2. The van der Waals surface area contributed by atoms with E-state index in [-0.39, 0.29) is 5.92 Å². The molecule has 0 radical (unpaired) electrons. The molecule has 0 aromatic carbocycles. The molecule has 4 amide bonds. The smallest absolute Gasteiger partial charge is 0.277 e. The maximum absolute atomic E-state index is 12.1. The first-order valence-electron chi connectivity index (χ1n) is 6.15. The summed E-state index contributed by atoms with van der Waals surface area (Å²) in [7, 11) is 0. The summed E-state index contributed by atoms with van der Waals surface area (Å²) in [5.74, 6) is -0.981. The van der Waals surface area contributed by atoms with E-state index in [4.69, 9.17) is 0 Å². The van der Waals surface area contributed by atoms with Crippen LogP contribution < -0.4 is 10.6 Å². The quantitative estimate of drug-likeness (QED) is 0.716. The first-order valence-corrected chi connectivity index (χ1v) is 6.15. The molecular weight excluding hydrogens is 220 g/mol. The summed E-state index contributed by atoms with van der Waals surface area (Å²) in [5, 5.41) is 4.43. The van der Waals surface area contributed by atoms with Crippen molar-refractivity contribution in [1.82, 2.24) is 10.6 Å². The molecule has 0 saturated carbocycles. The molecule has 1 heterocycles. The van der Waals surface area contributed by atoms with Crippen LogP contribution in [0.1, 0.15) is 46.5 Å². The number of imide groups is 2. The lowest BCUT2D eigenvalue weighted by atomic mass is 9.69. The van der Waals surface area contributed by atoms with Gasteiger partial charge in [0.05, 0.1) is 0 Å². The maximum atomic E-state index is 12.1. The van der Waals surface area contributed by atoms with Crippen LogP contribution in [0.4, 0.5) is 4.79 Å². The fourth-order valence-corrected chi connectivity index (χ4v) is 2.29. The summed E-state index contributed by atoms with van der Waals surface area (Å²) < 4.78 is 0. The minimum Gasteiger partial charge on any atom is -0.277 e. The lowest BCUT2D eigenvalue weighted by Gasteiger charge is -2.38. The van der Waals surface area contributed by atoms with Crippen molar-refractivity contribution in [2.24, 2.45) is 11.3 Å². The van der Waals surface area contributed by atoms with Gasteiger partial charge in [-0.15, -0.1) is 0 Å². The molecule has 0 spiro atoms. The van der Waals surface area contributed by atoms with Gasteiger partial charge in [0.15, 0.2) is 0 Å². The fourth-order valence-electron chi connectivity index (χ4n) is 2.29. The van der Waals surface area contributed by atoms with Crippen molar-refractivity contribution in [2.45, 2.75) is 46.5 Å². The van der Waals surface area contributed by atoms with Crippen molar-refractivity contribution in [3.8, 4) is 0 Å². The van der Waals surface area contributed by atoms with Gasteiger partial charge in [-0.2, -0.15) is 0 Å². The molecule has 5 heteroatoms. The Morgan fingerprint density at radius 3 is 2.06 bits per heavy atom. The Morgan fingerprint density at radius 2 is 1.65 bits per heavy atom. The second-order valence-electron chi connectivity index (χ2n) is 4.62. The van der Waals surface area contributed by atoms with Gasteiger partial charge in [-0.25, -0.2) is 4.79 Å². The van der Waals surface area contributed by atoms with Crippen LogP contribution in [0.3, 0.4) is 0 Å². The van der Waals surface area contributed by atoms with Crippen molar-refractivity contribution in [1.29, 1.82) is 0 Å². The van der Waals surface area contributed by atoms with Gasteiger partial charge in [0, 0.05) is 0 Å². The molecule has 1 aliphatic rings. The zero-order valence-corrected chi connectivity index (χ0v) is 10.6. The third-order valence-electron chi connectivity index (χ3n) is 3.64. The van der Waals surface area contributed by atoms with Gasteiger partial charge in [0.25, 0.3) is 0 Å². The van der Waals surface area contributed by atoms with E-state index in [0.29, 0.717) is 6.42 Å². The first kappa shape index (κ1) is 13.7. The summed E-state index contributed by atoms with van der Waals surface area (Å²) in [6.45, 7) is 5.83. The highest BCUT2D eigenvalue weighted by Crippen LogP contribution is 2.37. The van der Waals surface area contributed by atoms with Crippen LogP contribution in [-0.4, -0.2) is 17.8 Å². The van der Waals surface area contributed by atoms with Crippen LogP contribution in [-0.2, 0) is 9.59 Å². The normalized spacial score (nSPS) is 20.8. The monoisotopic (exact) mass is 240 g/mol. The van der Waals surface area contributed by atoms with E-state index in [1.54, 1.807) is 0 Å². The average molecular weight is 240 g/mol. The predicted molar refractivity (Wildman–Crippen MR) is 63.1 cm³/mol. The first-order chi connectivity index (χ1) is 7.98. The Hall–Kier alpha value is -1.39. The number of carbonyl (C=O) groups is 3. The Balaban J connectivity index is 3.06. The summed E-state index contributed by atoms with van der Waals surface area (Å²) in [6, 6.07) is -0.713. The number of nitrogens with one attached hydrogen (secondary N) is 2. The van der Waals surface area contributed by atoms with E-state index in [9.17, 15) is 14.4 Å². The molecule has 0 aliphatic carbocycles. The molecule has 2 N–H and O–H groups in total. The third kappa shape index (κ3) is 2.33. The average Bonchev–Trinajstić information content (AvgIpc) is 2.27. The molecule has 1 fully saturated rings. The molecule has 5 nitrogen and oxygen atoms in total. The number of rotatable bonds is 5. The minimum atomic E-state index is -1.08. The molecule has 1 aliphatic heterocycles. The fraction of sp³-hybridized carbons (Fsp3) is 0.750. The van der Waals surface area contributed by atoms with Crippen LogP contribution in [0, 0.1) is 11.3 Å². The number of barbiturate groups is 1. The largest absolute Gasteiger partial charge is 0.328 e. The molecule has 17 heavy (non-hydrogen) atoms. The molecule has 96 valence electrons. The van der Waals surface area contributed by atoms with Crippen molar-refractivity contribution in [3.05, 3.63) is 0 Å². The van der Waals surface area contributed by atoms with Gasteiger partial charge in [-0.1, -0.05) is 40.0 Å². The second kappa shape index (κ2) is 5.29. The van der Waals surface area contributed by atoms with E-state index < -0.39 is 23.3 Å². The zero-order chi connectivity index (χ0) is 13.1. The number of urea groups is 1. The predicted octanol–water partition coefficient (Wildman–Crippen LogP) is 1.58. The second-order valence-corrected chi connectivity index (χ2v) is 4.62. The van der Waals surface area contributed by atoms with Crippen molar-refractivity contribution >= 4 is 17.8 Å². The molecule has 1 atom stereocenters. The summed E-state index contributed by atoms with van der Waals surface area (Å²) in [6.07, 6.45) is 2.91. The number of unbranched alkanes of at least 4 members (excludes halogenated alkanes) is 1. The Labute approximate surface area is 101 Å². The van der Waals surface area contributed by atoms with E-state index in [0.717, 1.165) is 19.3 Å². The lowest BCUT2D eigenvalue weighted by Crippen LogP contribution is -2.64. The van der Waals surface area contributed by atoms with Crippen LogP contribution >= 0.6 is 0 Å². The Bertz CT molecular complexity index is 319. The number of amides is 4. The van der Waals surface area contributed by atoms with Gasteiger partial charge >= 0.3 is 6.03 Å². The highest BCUT2D eigenvalue weighted by atomic mass is 16.2. The van der Waals surface area contributed by atoms with Crippen LogP contribution in [0.2, 0.25) is 0 Å². The molecule has 0 aromatic heterocycles. The van der Waals surface area contributed by atoms with Gasteiger partial charge in [-0.05, 0) is 12.3 Å². The molecular formula is C12H20N2O3. The number of carbonyl (C=O) groups excluding carboxylic acids is 3. The van der Waals surface area contributed by atoms with Crippen LogP contribution in [0.5, 0.6) is 0 Å². The van der Waals surface area contributed by atoms with Crippen LogP contribution in [0.25, 0.3) is 0 Å². The summed E-state index contributed by atoms with van der Waals surface area (Å²) >= 11 is 0. The third-order valence-corrected chi connectivity index (χ3v) is 3.64. The van der Waals surface area contributed by atoms with Gasteiger partial charge in [0.2, 0.25) is 11.8 Å². The van der Waals surface area contributed by atoms with Crippen molar-refractivity contribution in [3.63, 3.8) is 0 Å². The number of hydrogen-bond donors (Lipinski definition) is 2. The number of hydrogen-bond acceptors (Lipinski definition) is 3. The Morgan fingerprint density at radius 1 is 1.12 bits per heavy atom. The molecule has 0 bridgehead atoms. The van der Waals surface area contributed by atoms with Gasteiger partial charge in [0.1, 0.15) is 5.41 Å². The van der Waals surface area contributed by atoms with E-state index in [1.807, 2.05) is 20.8 Å². The molecule has 1 saturated heterocycles. The molecule has 1 unspecified atom stereocenters. The molecule has 0 aromatic rings. The maximum Gasteiger partial charge on any atom is 0.328 e. The van der Waals surface area contributed by atoms with E-state index in [2.05, 4.69) is 10.6 Å². The SMILES string of the molecule is CCCCC1(C(C)CC)C(=O)NC(=O)NC1=O. The zero-order valence-electron chi connectivity index (χ0n) is 10.6. The van der Waals surface area contributed by atoms with E-state index in [1.165, 1.54) is 0 Å². The topological polar surface area (TPSA) is 75.3 Å². The van der Waals surface area contributed by atoms with E-state index >= 15 is 0 Å². The summed E-state index contributed by atoms with van der Waals surface area (Å²) in [5.41, 5.74) is -1.08. The highest BCUT2D eigenvalue weighted by Gasteiger charge is 2.52. The highest BCUT2D eigenvalue weighted by molar-refractivity contribution is 6.19. The van der Waals surface area contributed by atoms with Crippen molar-refractivity contribution < 1.29 is 14.4 Å². The van der Waals surface area contributed by atoms with Crippen molar-refractivity contribution in [2.75, 3.05) is 0 Å². The minimum absolute atomic E-state index is 0.0813. The van der Waals surface area contributed by atoms with Crippen LogP contribution in [0.15, 0.2) is 0 Å². The van der Waals surface area contributed by atoms with Gasteiger partial charge < -0.3 is 0 Å². The van der Waals surface area contributed by atoms with Gasteiger partial charge in [-0.3, -0.25) is 20.2 Å².